The number of hydrogen-bond donors (Lipinski definition) is 2. The maximum absolute atomic E-state index is 5.52. The second-order valence-corrected chi connectivity index (χ2v) is 8.73. The Morgan fingerprint density at radius 1 is 0.500 bits per heavy atom. The lowest BCUT2D eigenvalue weighted by Gasteiger charge is -2.22. The normalized spacial score (nSPS) is 15.6. The van der Waals surface area contributed by atoms with Gasteiger partial charge in [0.05, 0.1) is 0 Å². The molecule has 0 aromatic rings. The van der Waals surface area contributed by atoms with Gasteiger partial charge in [-0.1, -0.05) is 109 Å². The van der Waals surface area contributed by atoms with Crippen molar-refractivity contribution in [3.63, 3.8) is 0 Å². The molecule has 2 heteroatoms. The summed E-state index contributed by atoms with van der Waals surface area (Å²) in [6.45, 7) is 2.13. The Morgan fingerprint density at radius 2 is 0.885 bits per heavy atom. The van der Waals surface area contributed by atoms with Crippen molar-refractivity contribution in [2.24, 2.45) is 5.73 Å². The van der Waals surface area contributed by atoms with Crippen molar-refractivity contribution in [3.05, 3.63) is 0 Å². The van der Waals surface area contributed by atoms with E-state index >= 15 is 0 Å². The molecular weight excluding hydrogens is 316 g/mol. The third-order valence-electron chi connectivity index (χ3n) is 6.17. The average Bonchev–Trinajstić information content (AvgIpc) is 2.68. The minimum Gasteiger partial charge on any atom is -0.330 e. The third-order valence-corrected chi connectivity index (χ3v) is 6.17. The standard InChI is InChI=1S/C24H50N2/c25-22-18-13-11-9-7-5-3-1-2-4-6-8-10-12-14-19-23-26-24-20-16-15-17-21-24/h24,26H,1-23,25H2. The van der Waals surface area contributed by atoms with Gasteiger partial charge in [0, 0.05) is 6.04 Å². The summed E-state index contributed by atoms with van der Waals surface area (Å²) in [6.07, 6.45) is 30.1. The highest BCUT2D eigenvalue weighted by Crippen LogP contribution is 2.17. The van der Waals surface area contributed by atoms with Gasteiger partial charge < -0.3 is 11.1 Å². The minimum atomic E-state index is 0.847. The summed E-state index contributed by atoms with van der Waals surface area (Å²) in [7, 11) is 0. The Morgan fingerprint density at radius 3 is 1.31 bits per heavy atom. The van der Waals surface area contributed by atoms with Crippen molar-refractivity contribution in [2.45, 2.75) is 141 Å². The highest BCUT2D eigenvalue weighted by molar-refractivity contribution is 4.71. The van der Waals surface area contributed by atoms with Gasteiger partial charge in [-0.05, 0) is 38.8 Å². The number of hydrogen-bond acceptors (Lipinski definition) is 2. The second kappa shape index (κ2) is 19.7. The van der Waals surface area contributed by atoms with Crippen LogP contribution in [-0.4, -0.2) is 19.1 Å². The number of unbranched alkanes of at least 4 members (excludes halogenated alkanes) is 15. The van der Waals surface area contributed by atoms with Crippen LogP contribution in [0.3, 0.4) is 0 Å². The molecule has 3 N–H and O–H groups in total. The topological polar surface area (TPSA) is 38.0 Å². The van der Waals surface area contributed by atoms with Crippen LogP contribution in [-0.2, 0) is 0 Å². The molecule has 0 aromatic carbocycles. The third kappa shape index (κ3) is 16.1. The first-order valence-electron chi connectivity index (χ1n) is 12.4. The molecule has 0 radical (unpaired) electrons. The average molecular weight is 367 g/mol. The van der Waals surface area contributed by atoms with E-state index in [9.17, 15) is 0 Å². The van der Waals surface area contributed by atoms with Crippen LogP contribution in [0.5, 0.6) is 0 Å². The molecule has 2 nitrogen and oxygen atoms in total. The molecule has 1 rings (SSSR count). The van der Waals surface area contributed by atoms with Gasteiger partial charge in [-0.15, -0.1) is 0 Å². The predicted molar refractivity (Wildman–Crippen MR) is 118 cm³/mol. The van der Waals surface area contributed by atoms with Gasteiger partial charge in [-0.25, -0.2) is 0 Å². The van der Waals surface area contributed by atoms with E-state index in [1.54, 1.807) is 0 Å². The van der Waals surface area contributed by atoms with E-state index in [2.05, 4.69) is 5.32 Å². The van der Waals surface area contributed by atoms with Gasteiger partial charge in [0.15, 0.2) is 0 Å². The van der Waals surface area contributed by atoms with E-state index in [1.807, 2.05) is 0 Å². The van der Waals surface area contributed by atoms with Gasteiger partial charge in [-0.3, -0.25) is 0 Å². The van der Waals surface area contributed by atoms with Crippen LogP contribution in [0.1, 0.15) is 135 Å². The molecule has 0 aromatic heterocycles. The SMILES string of the molecule is NCCCCCCCCCCCCCCCCCCNC1CCCCC1. The molecule has 1 aliphatic carbocycles. The summed E-state index contributed by atoms with van der Waals surface area (Å²) in [6, 6.07) is 0.847. The van der Waals surface area contributed by atoms with Gasteiger partial charge in [0.1, 0.15) is 0 Å². The van der Waals surface area contributed by atoms with Crippen molar-refractivity contribution >= 4 is 0 Å². The zero-order chi connectivity index (χ0) is 18.5. The van der Waals surface area contributed by atoms with Crippen LogP contribution < -0.4 is 11.1 Å². The van der Waals surface area contributed by atoms with Gasteiger partial charge in [-0.2, -0.15) is 0 Å². The van der Waals surface area contributed by atoms with Crippen molar-refractivity contribution in [1.82, 2.24) is 5.32 Å². The molecule has 0 spiro atoms. The molecule has 0 aliphatic heterocycles. The van der Waals surface area contributed by atoms with E-state index in [-0.39, 0.29) is 0 Å². The van der Waals surface area contributed by atoms with E-state index in [0.29, 0.717) is 0 Å². The summed E-state index contributed by atoms with van der Waals surface area (Å²) >= 11 is 0. The Kier molecular flexibility index (Phi) is 18.1. The quantitative estimate of drug-likeness (QED) is 0.239. The summed E-state index contributed by atoms with van der Waals surface area (Å²) in [5.74, 6) is 0. The van der Waals surface area contributed by atoms with E-state index in [0.717, 1.165) is 12.6 Å². The number of nitrogens with one attached hydrogen (secondary N) is 1. The Bertz CT molecular complexity index is 261. The Hall–Kier alpha value is -0.0800. The van der Waals surface area contributed by atoms with Gasteiger partial charge >= 0.3 is 0 Å². The first kappa shape index (κ1) is 24.0. The molecule has 0 heterocycles. The fraction of sp³-hybridized carbons (Fsp3) is 1.00. The maximum atomic E-state index is 5.52. The molecule has 0 amide bonds. The second-order valence-electron chi connectivity index (χ2n) is 8.73. The maximum Gasteiger partial charge on any atom is 0.00670 e. The zero-order valence-electron chi connectivity index (χ0n) is 17.9. The zero-order valence-corrected chi connectivity index (χ0v) is 17.9. The molecule has 1 fully saturated rings. The fourth-order valence-corrected chi connectivity index (χ4v) is 4.36. The first-order chi connectivity index (χ1) is 12.9. The molecule has 26 heavy (non-hydrogen) atoms. The van der Waals surface area contributed by atoms with Crippen LogP contribution in [0.15, 0.2) is 0 Å². The van der Waals surface area contributed by atoms with Gasteiger partial charge in [0.25, 0.3) is 0 Å². The number of rotatable bonds is 19. The lowest BCUT2D eigenvalue weighted by atomic mass is 9.95. The van der Waals surface area contributed by atoms with Crippen molar-refractivity contribution < 1.29 is 0 Å². The Labute approximate surface area is 165 Å². The summed E-state index contributed by atoms with van der Waals surface area (Å²) in [4.78, 5) is 0. The summed E-state index contributed by atoms with van der Waals surface area (Å²) in [5.41, 5.74) is 5.52. The van der Waals surface area contributed by atoms with E-state index < -0.39 is 0 Å². The minimum absolute atomic E-state index is 0.847. The lowest BCUT2D eigenvalue weighted by molar-refractivity contribution is 0.369. The molecule has 1 aliphatic rings. The van der Waals surface area contributed by atoms with Crippen LogP contribution in [0, 0.1) is 0 Å². The molecular formula is C24H50N2. The molecule has 0 unspecified atom stereocenters. The van der Waals surface area contributed by atoms with Crippen LogP contribution in [0.2, 0.25) is 0 Å². The number of nitrogens with two attached hydrogens (primary N) is 1. The van der Waals surface area contributed by atoms with E-state index in [1.165, 1.54) is 141 Å². The molecule has 0 bridgehead atoms. The largest absolute Gasteiger partial charge is 0.330 e. The smallest absolute Gasteiger partial charge is 0.00670 e. The van der Waals surface area contributed by atoms with Crippen molar-refractivity contribution in [2.75, 3.05) is 13.1 Å². The highest BCUT2D eigenvalue weighted by Gasteiger charge is 2.11. The Balaban J connectivity index is 1.65. The highest BCUT2D eigenvalue weighted by atomic mass is 14.9. The first-order valence-corrected chi connectivity index (χ1v) is 12.4. The molecule has 0 saturated heterocycles. The fourth-order valence-electron chi connectivity index (χ4n) is 4.36. The molecule has 156 valence electrons. The molecule has 1 saturated carbocycles. The van der Waals surface area contributed by atoms with E-state index in [4.69, 9.17) is 5.73 Å². The predicted octanol–water partition coefficient (Wildman–Crippen LogP) is 7.11. The van der Waals surface area contributed by atoms with Crippen LogP contribution in [0.4, 0.5) is 0 Å². The summed E-state index contributed by atoms with van der Waals surface area (Å²) in [5, 5.41) is 3.77. The van der Waals surface area contributed by atoms with Gasteiger partial charge in [0.2, 0.25) is 0 Å². The van der Waals surface area contributed by atoms with Crippen LogP contribution in [0.25, 0.3) is 0 Å². The lowest BCUT2D eigenvalue weighted by Crippen LogP contribution is -2.31. The monoisotopic (exact) mass is 366 g/mol. The summed E-state index contributed by atoms with van der Waals surface area (Å²) < 4.78 is 0. The van der Waals surface area contributed by atoms with Crippen molar-refractivity contribution in [1.29, 1.82) is 0 Å². The van der Waals surface area contributed by atoms with Crippen LogP contribution >= 0.6 is 0 Å². The van der Waals surface area contributed by atoms with Crippen molar-refractivity contribution in [3.8, 4) is 0 Å². The molecule has 0 atom stereocenters.